The maximum atomic E-state index is 13.4. The van der Waals surface area contributed by atoms with Gasteiger partial charge in [-0.2, -0.15) is 21.6 Å². The summed E-state index contributed by atoms with van der Waals surface area (Å²) in [5.41, 5.74) is 1.48. The van der Waals surface area contributed by atoms with E-state index in [-0.39, 0.29) is 74.1 Å². The highest BCUT2D eigenvalue weighted by Gasteiger charge is 2.45. The Hall–Kier alpha value is -6.03. The molecule has 19 heteroatoms. The molecule has 7 rings (SSSR count). The van der Waals surface area contributed by atoms with Gasteiger partial charge in [0.15, 0.2) is 11.2 Å². The molecule has 3 aromatic carbocycles. The Morgan fingerprint density at radius 1 is 0.985 bits per heavy atom. The van der Waals surface area contributed by atoms with Crippen LogP contribution >= 0.6 is 19.9 Å². The lowest BCUT2D eigenvalue weighted by Gasteiger charge is -2.39. The van der Waals surface area contributed by atoms with Gasteiger partial charge in [-0.25, -0.2) is 9.65 Å². The number of thiophene rings is 1. The van der Waals surface area contributed by atoms with Gasteiger partial charge in [0, 0.05) is 42.4 Å². The van der Waals surface area contributed by atoms with Gasteiger partial charge in [-0.15, -0.1) is 0 Å². The molecule has 1 aliphatic rings. The number of hydrogen-bond donors (Lipinski definition) is 3. The Kier molecular flexibility index (Phi) is 16.5. The van der Waals surface area contributed by atoms with Crippen molar-refractivity contribution in [2.75, 3.05) is 39.3 Å². The van der Waals surface area contributed by atoms with Crippen LogP contribution in [0.2, 0.25) is 0 Å². The number of hydrogen-bond acceptors (Lipinski definition) is 14. The van der Waals surface area contributed by atoms with Crippen LogP contribution in [0.1, 0.15) is 80.2 Å². The number of aromatic amines is 1. The van der Waals surface area contributed by atoms with E-state index in [2.05, 4.69) is 64.0 Å². The van der Waals surface area contributed by atoms with Crippen molar-refractivity contribution in [2.45, 2.75) is 83.1 Å². The molecule has 17 nitrogen and oxygen atoms in total. The SMILES string of the molecule is COc1ccc(C(OC[C@H]2O[C@@H](n3cnc4c(=O)[nH]c(NC(=O)CCNC(=O)c5ccsc5)nc43)CC2OP(OCCC#N)N(C(C)C)C(C)C)(c2ccccc2)c2ccc(OC)cc2)cc1. The van der Waals surface area contributed by atoms with Crippen molar-refractivity contribution in [3.63, 3.8) is 0 Å². The van der Waals surface area contributed by atoms with Crippen LogP contribution in [0.4, 0.5) is 5.95 Å². The van der Waals surface area contributed by atoms with Gasteiger partial charge < -0.3 is 33.3 Å². The molecule has 2 amide bonds. The standard InChI is InChI=1S/C48H55N8O9PS/c1-31(2)56(32(3)4)66(63-25-10-23-49)65-39-27-42(55-30-51-43-44(55)53-47(54-46(43)59)52-41(57)21-24-50-45(58)33-22-26-67-29-33)64-40(39)28-62-48(34-11-8-7-9-12-34,35-13-17-37(60-5)18-14-35)36-15-19-38(61-6)20-16-36/h7-9,11-20,22,26,29-32,39-40,42H,10,21,24-25,27-28H2,1-6H3,(H,50,58)(H2,52,53,54,57,59)/t39?,40-,42-,66?/m1/s1. The lowest BCUT2D eigenvalue weighted by Crippen LogP contribution is -2.39. The first-order valence-electron chi connectivity index (χ1n) is 21.9. The van der Waals surface area contributed by atoms with Crippen LogP contribution in [0, 0.1) is 11.3 Å². The van der Waals surface area contributed by atoms with Crippen molar-refractivity contribution < 1.29 is 37.6 Å². The molecule has 1 saturated heterocycles. The van der Waals surface area contributed by atoms with Gasteiger partial charge in [0.2, 0.25) is 11.9 Å². The molecule has 0 saturated carbocycles. The first-order chi connectivity index (χ1) is 32.4. The van der Waals surface area contributed by atoms with E-state index < -0.39 is 44.0 Å². The third-order valence-corrected chi connectivity index (χ3v) is 14.0. The molecule has 352 valence electrons. The molecule has 4 atom stereocenters. The molecule has 6 aromatic rings. The van der Waals surface area contributed by atoms with E-state index in [9.17, 15) is 19.6 Å². The average molecular weight is 951 g/mol. The van der Waals surface area contributed by atoms with Gasteiger partial charge in [0.05, 0.1) is 52.4 Å². The molecule has 1 fully saturated rings. The topological polar surface area (TPSA) is 204 Å². The fourth-order valence-corrected chi connectivity index (χ4v) is 10.4. The number of aromatic nitrogens is 4. The Bertz CT molecular complexity index is 2600. The number of nitrogens with zero attached hydrogens (tertiary/aromatic N) is 5. The van der Waals surface area contributed by atoms with Crippen molar-refractivity contribution in [2.24, 2.45) is 0 Å². The fraction of sp³-hybridized carbons (Fsp3) is 0.375. The number of nitrogens with one attached hydrogen (secondary N) is 3. The summed E-state index contributed by atoms with van der Waals surface area (Å²) in [5, 5.41) is 18.3. The molecule has 0 bridgehead atoms. The van der Waals surface area contributed by atoms with Crippen molar-refractivity contribution in [1.29, 1.82) is 5.26 Å². The number of benzene rings is 3. The van der Waals surface area contributed by atoms with E-state index in [1.165, 1.54) is 17.7 Å². The Balaban J connectivity index is 1.24. The average Bonchev–Trinajstić information content (AvgIpc) is 4.11. The second-order valence-corrected chi connectivity index (χ2v) is 18.4. The lowest BCUT2D eigenvalue weighted by atomic mass is 9.80. The molecule has 67 heavy (non-hydrogen) atoms. The third-order valence-electron chi connectivity index (χ3n) is 11.1. The molecule has 1 aliphatic heterocycles. The summed E-state index contributed by atoms with van der Waals surface area (Å²) in [6.45, 7) is 8.51. The minimum absolute atomic E-state index is 0.00371. The summed E-state index contributed by atoms with van der Waals surface area (Å²) in [4.78, 5) is 50.5. The van der Waals surface area contributed by atoms with Gasteiger partial charge in [-0.05, 0) is 80.1 Å². The number of nitriles is 1. The molecule has 3 N–H and O–H groups in total. The van der Waals surface area contributed by atoms with Crippen LogP contribution in [0.15, 0.2) is 107 Å². The van der Waals surface area contributed by atoms with E-state index in [0.29, 0.717) is 17.1 Å². The number of amides is 2. The number of methoxy groups -OCH3 is 2. The van der Waals surface area contributed by atoms with Crippen LogP contribution in [0.25, 0.3) is 11.2 Å². The monoisotopic (exact) mass is 950 g/mol. The first kappa shape index (κ1) is 48.9. The highest BCUT2D eigenvalue weighted by atomic mass is 32.1. The maximum Gasteiger partial charge on any atom is 0.280 e. The van der Waals surface area contributed by atoms with Crippen molar-refractivity contribution in [3.05, 3.63) is 135 Å². The zero-order chi connectivity index (χ0) is 47.5. The van der Waals surface area contributed by atoms with Crippen molar-refractivity contribution >= 4 is 48.8 Å². The van der Waals surface area contributed by atoms with Gasteiger partial charge in [0.25, 0.3) is 20.0 Å². The van der Waals surface area contributed by atoms with Crippen molar-refractivity contribution in [1.82, 2.24) is 29.5 Å². The number of rotatable bonds is 22. The fourth-order valence-electron chi connectivity index (χ4n) is 8.00. The van der Waals surface area contributed by atoms with Gasteiger partial charge in [0.1, 0.15) is 29.4 Å². The van der Waals surface area contributed by atoms with Crippen LogP contribution in [-0.2, 0) is 28.9 Å². The third kappa shape index (κ3) is 11.4. The van der Waals surface area contributed by atoms with Gasteiger partial charge in [-0.3, -0.25) is 29.3 Å². The van der Waals surface area contributed by atoms with Crippen molar-refractivity contribution in [3.8, 4) is 17.6 Å². The van der Waals surface area contributed by atoms with Crippen LogP contribution < -0.4 is 25.7 Å². The predicted molar refractivity (Wildman–Crippen MR) is 255 cm³/mol. The lowest BCUT2D eigenvalue weighted by molar-refractivity contribution is -0.116. The van der Waals surface area contributed by atoms with Gasteiger partial charge >= 0.3 is 0 Å². The number of ether oxygens (including phenoxy) is 4. The summed E-state index contributed by atoms with van der Waals surface area (Å²) < 4.78 is 42.6. The first-order valence-corrected chi connectivity index (χ1v) is 24.0. The summed E-state index contributed by atoms with van der Waals surface area (Å²) in [5.74, 6) is 0.512. The summed E-state index contributed by atoms with van der Waals surface area (Å²) in [6.07, 6.45) is -0.315. The number of carbonyl (C=O) groups excluding carboxylic acids is 2. The van der Waals surface area contributed by atoms with Crippen LogP contribution in [0.3, 0.4) is 0 Å². The molecular weight excluding hydrogens is 896 g/mol. The number of H-pyrrole nitrogens is 1. The van der Waals surface area contributed by atoms with E-state index in [0.717, 1.165) is 16.7 Å². The zero-order valence-electron chi connectivity index (χ0n) is 38.2. The highest BCUT2D eigenvalue weighted by molar-refractivity contribution is 7.44. The quantitative estimate of drug-likeness (QED) is 0.0337. The van der Waals surface area contributed by atoms with Crippen LogP contribution in [-0.4, -0.2) is 94.3 Å². The summed E-state index contributed by atoms with van der Waals surface area (Å²) in [7, 11) is 1.51. The minimum Gasteiger partial charge on any atom is -0.497 e. The predicted octanol–water partition coefficient (Wildman–Crippen LogP) is 7.91. The van der Waals surface area contributed by atoms with E-state index in [1.54, 1.807) is 35.6 Å². The second kappa shape index (κ2) is 22.6. The number of imidazole rings is 1. The van der Waals surface area contributed by atoms with Gasteiger partial charge in [-0.1, -0.05) is 54.6 Å². The highest BCUT2D eigenvalue weighted by Crippen LogP contribution is 2.51. The molecule has 0 radical (unpaired) electrons. The van der Waals surface area contributed by atoms with Crippen LogP contribution in [0.5, 0.6) is 11.5 Å². The maximum absolute atomic E-state index is 13.4. The summed E-state index contributed by atoms with van der Waals surface area (Å²) in [6, 6.07) is 29.3. The second-order valence-electron chi connectivity index (χ2n) is 16.2. The minimum atomic E-state index is -1.74. The number of carbonyl (C=O) groups is 2. The summed E-state index contributed by atoms with van der Waals surface area (Å²) >= 11 is 1.40. The zero-order valence-corrected chi connectivity index (χ0v) is 39.9. The molecule has 0 spiro atoms. The number of anilines is 1. The van der Waals surface area contributed by atoms with E-state index in [1.807, 2.05) is 78.9 Å². The Labute approximate surface area is 394 Å². The largest absolute Gasteiger partial charge is 0.497 e. The molecule has 2 unspecified atom stereocenters. The Morgan fingerprint density at radius 3 is 2.24 bits per heavy atom. The number of fused-ring (bicyclic) bond motifs is 1. The van der Waals surface area contributed by atoms with E-state index >= 15 is 0 Å². The smallest absolute Gasteiger partial charge is 0.280 e. The molecule has 3 aromatic heterocycles. The molecular formula is C48H55N8O9PS. The normalized spacial score (nSPS) is 16.6. The molecule has 0 aliphatic carbocycles. The van der Waals surface area contributed by atoms with E-state index in [4.69, 9.17) is 28.0 Å². The molecule has 4 heterocycles. The Morgan fingerprint density at radius 2 is 1.64 bits per heavy atom.